The van der Waals surface area contributed by atoms with E-state index in [2.05, 4.69) is 6.92 Å². The minimum Gasteiger partial charge on any atom is -0.324 e. The van der Waals surface area contributed by atoms with E-state index in [1.165, 1.54) is 4.31 Å². The third kappa shape index (κ3) is 3.81. The first-order valence-electron chi connectivity index (χ1n) is 7.18. The second kappa shape index (κ2) is 7.20. The lowest BCUT2D eigenvalue weighted by molar-refractivity contribution is 0.368. The van der Waals surface area contributed by atoms with E-state index in [0.717, 1.165) is 24.8 Å². The van der Waals surface area contributed by atoms with E-state index >= 15 is 0 Å². The first-order valence-corrected chi connectivity index (χ1v) is 8.62. The van der Waals surface area contributed by atoms with Crippen LogP contribution in [0.1, 0.15) is 51.6 Å². The Morgan fingerprint density at radius 3 is 2.50 bits per heavy atom. The molecule has 2 N–H and O–H groups in total. The molecule has 0 heterocycles. The first kappa shape index (κ1) is 17.1. The van der Waals surface area contributed by atoms with Crippen LogP contribution in [0.25, 0.3) is 0 Å². The highest BCUT2D eigenvalue weighted by Crippen LogP contribution is 2.22. The van der Waals surface area contributed by atoms with Gasteiger partial charge in [0, 0.05) is 19.1 Å². The lowest BCUT2D eigenvalue weighted by Gasteiger charge is -2.24. The van der Waals surface area contributed by atoms with Gasteiger partial charge >= 0.3 is 0 Å². The zero-order valence-electron chi connectivity index (χ0n) is 12.8. The fourth-order valence-electron chi connectivity index (χ4n) is 2.14. The lowest BCUT2D eigenvalue weighted by atomic mass is 10.1. The van der Waals surface area contributed by atoms with Gasteiger partial charge in [-0.05, 0) is 37.5 Å². The summed E-state index contributed by atoms with van der Waals surface area (Å²) in [6, 6.07) is 6.84. The van der Waals surface area contributed by atoms with Crippen LogP contribution in [0.3, 0.4) is 0 Å². The molecule has 0 saturated carbocycles. The second-order valence-corrected chi connectivity index (χ2v) is 7.24. The fourth-order valence-corrected chi connectivity index (χ4v) is 3.59. The van der Waals surface area contributed by atoms with Crippen LogP contribution < -0.4 is 5.73 Å². The first-order chi connectivity index (χ1) is 9.34. The molecule has 2 atom stereocenters. The minimum absolute atomic E-state index is 0.00601. The monoisotopic (exact) mass is 298 g/mol. The molecular formula is C15H26N2O2S. The molecule has 0 saturated heterocycles. The molecule has 0 fully saturated rings. The van der Waals surface area contributed by atoms with E-state index < -0.39 is 10.0 Å². The van der Waals surface area contributed by atoms with E-state index in [0.29, 0.717) is 4.90 Å². The molecule has 0 radical (unpaired) electrons. The summed E-state index contributed by atoms with van der Waals surface area (Å²) < 4.78 is 26.6. The molecular weight excluding hydrogens is 272 g/mol. The highest BCUT2D eigenvalue weighted by molar-refractivity contribution is 7.89. The maximum atomic E-state index is 12.6. The van der Waals surface area contributed by atoms with Crippen molar-refractivity contribution in [3.63, 3.8) is 0 Å². The Labute approximate surface area is 123 Å². The van der Waals surface area contributed by atoms with Crippen molar-refractivity contribution in [2.24, 2.45) is 5.73 Å². The number of hydrogen-bond donors (Lipinski definition) is 1. The van der Waals surface area contributed by atoms with Crippen molar-refractivity contribution in [1.82, 2.24) is 4.31 Å². The Morgan fingerprint density at radius 1 is 1.30 bits per heavy atom. The number of sulfonamides is 1. The van der Waals surface area contributed by atoms with Crippen LogP contribution >= 0.6 is 0 Å². The van der Waals surface area contributed by atoms with Crippen LogP contribution in [0.2, 0.25) is 0 Å². The summed E-state index contributed by atoms with van der Waals surface area (Å²) in [6.07, 6.45) is 2.59. The molecule has 0 aliphatic heterocycles. The van der Waals surface area contributed by atoms with Crippen LogP contribution in [0.4, 0.5) is 0 Å². The molecule has 0 spiro atoms. The van der Waals surface area contributed by atoms with Gasteiger partial charge in [-0.25, -0.2) is 8.42 Å². The van der Waals surface area contributed by atoms with Gasteiger partial charge in [-0.3, -0.25) is 0 Å². The van der Waals surface area contributed by atoms with Crippen molar-refractivity contribution in [2.45, 2.75) is 57.0 Å². The maximum Gasteiger partial charge on any atom is 0.243 e. The van der Waals surface area contributed by atoms with E-state index in [-0.39, 0.29) is 12.1 Å². The predicted octanol–water partition coefficient (Wildman–Crippen LogP) is 2.91. The molecule has 4 nitrogen and oxygen atoms in total. The Kier molecular flexibility index (Phi) is 6.17. The normalized spacial score (nSPS) is 15.3. The van der Waals surface area contributed by atoms with E-state index in [1.807, 2.05) is 19.9 Å². The smallest absolute Gasteiger partial charge is 0.243 e. The number of rotatable bonds is 7. The molecule has 114 valence electrons. The predicted molar refractivity (Wildman–Crippen MR) is 83.0 cm³/mol. The van der Waals surface area contributed by atoms with Crippen LogP contribution in [0.15, 0.2) is 29.2 Å². The van der Waals surface area contributed by atoms with E-state index in [1.54, 1.807) is 25.2 Å². The van der Waals surface area contributed by atoms with Gasteiger partial charge in [-0.1, -0.05) is 32.4 Å². The third-order valence-electron chi connectivity index (χ3n) is 3.73. The lowest BCUT2D eigenvalue weighted by Crippen LogP contribution is -2.35. The second-order valence-electron chi connectivity index (χ2n) is 5.25. The molecule has 0 amide bonds. The Morgan fingerprint density at radius 2 is 1.95 bits per heavy atom. The summed E-state index contributed by atoms with van der Waals surface area (Å²) in [6.45, 7) is 5.97. The number of nitrogens with two attached hydrogens (primary N) is 1. The Balaban J connectivity index is 3.09. The molecule has 0 bridgehead atoms. The summed E-state index contributed by atoms with van der Waals surface area (Å²) >= 11 is 0. The van der Waals surface area contributed by atoms with Crippen molar-refractivity contribution in [1.29, 1.82) is 0 Å². The molecule has 1 aromatic rings. The highest BCUT2D eigenvalue weighted by atomic mass is 32.2. The van der Waals surface area contributed by atoms with Gasteiger partial charge in [-0.15, -0.1) is 0 Å². The van der Waals surface area contributed by atoms with Crippen molar-refractivity contribution in [3.8, 4) is 0 Å². The molecule has 2 unspecified atom stereocenters. The number of benzene rings is 1. The SMILES string of the molecule is CCCC(C)N(C)S(=O)(=O)c1cccc(C(N)CC)c1. The summed E-state index contributed by atoms with van der Waals surface area (Å²) in [5.74, 6) is 0. The zero-order chi connectivity index (χ0) is 15.3. The maximum absolute atomic E-state index is 12.6. The largest absolute Gasteiger partial charge is 0.324 e. The number of hydrogen-bond acceptors (Lipinski definition) is 3. The molecule has 1 rings (SSSR count). The van der Waals surface area contributed by atoms with Crippen molar-refractivity contribution < 1.29 is 8.42 Å². The highest BCUT2D eigenvalue weighted by Gasteiger charge is 2.25. The third-order valence-corrected chi connectivity index (χ3v) is 5.70. The molecule has 0 aliphatic rings. The van der Waals surface area contributed by atoms with Gasteiger partial charge in [-0.2, -0.15) is 4.31 Å². The topological polar surface area (TPSA) is 63.4 Å². The quantitative estimate of drug-likeness (QED) is 0.842. The van der Waals surface area contributed by atoms with E-state index in [4.69, 9.17) is 5.73 Å². The van der Waals surface area contributed by atoms with Crippen LogP contribution in [0, 0.1) is 0 Å². The van der Waals surface area contributed by atoms with Crippen LogP contribution in [0.5, 0.6) is 0 Å². The standard InChI is InChI=1S/C15H26N2O2S/c1-5-8-12(3)17(4)20(18,19)14-10-7-9-13(11-14)15(16)6-2/h7,9-12,15H,5-6,8,16H2,1-4H3. The zero-order valence-corrected chi connectivity index (χ0v) is 13.7. The summed E-state index contributed by atoms with van der Waals surface area (Å²) in [5, 5.41) is 0. The minimum atomic E-state index is -3.45. The summed E-state index contributed by atoms with van der Waals surface area (Å²) in [5.41, 5.74) is 6.85. The average Bonchev–Trinajstić information content (AvgIpc) is 2.45. The summed E-state index contributed by atoms with van der Waals surface area (Å²) in [7, 11) is -1.81. The summed E-state index contributed by atoms with van der Waals surface area (Å²) in [4.78, 5) is 0.323. The van der Waals surface area contributed by atoms with Gasteiger partial charge in [0.1, 0.15) is 0 Å². The Bertz CT molecular complexity index is 528. The molecule has 5 heteroatoms. The average molecular weight is 298 g/mol. The fraction of sp³-hybridized carbons (Fsp3) is 0.600. The van der Waals surface area contributed by atoms with Crippen molar-refractivity contribution >= 4 is 10.0 Å². The van der Waals surface area contributed by atoms with Gasteiger partial charge in [0.2, 0.25) is 10.0 Å². The van der Waals surface area contributed by atoms with Crippen LogP contribution in [-0.2, 0) is 10.0 Å². The molecule has 1 aromatic carbocycles. The van der Waals surface area contributed by atoms with Crippen molar-refractivity contribution in [3.05, 3.63) is 29.8 Å². The Hall–Kier alpha value is -0.910. The van der Waals surface area contributed by atoms with Gasteiger partial charge < -0.3 is 5.73 Å². The molecule has 20 heavy (non-hydrogen) atoms. The van der Waals surface area contributed by atoms with E-state index in [9.17, 15) is 8.42 Å². The van der Waals surface area contributed by atoms with Gasteiger partial charge in [0.15, 0.2) is 0 Å². The van der Waals surface area contributed by atoms with Gasteiger partial charge in [0.25, 0.3) is 0 Å². The van der Waals surface area contributed by atoms with Crippen molar-refractivity contribution in [2.75, 3.05) is 7.05 Å². The molecule has 0 aromatic heterocycles. The molecule has 0 aliphatic carbocycles. The van der Waals surface area contributed by atoms with Crippen LogP contribution in [-0.4, -0.2) is 25.8 Å². The number of nitrogens with zero attached hydrogens (tertiary/aromatic N) is 1. The van der Waals surface area contributed by atoms with Gasteiger partial charge in [0.05, 0.1) is 4.90 Å².